The third kappa shape index (κ3) is 2.03. The molecule has 0 atom stereocenters. The Kier molecular flexibility index (Phi) is 3.18. The van der Waals surface area contributed by atoms with Crippen LogP contribution in [0.1, 0.15) is 47.4 Å². The summed E-state index contributed by atoms with van der Waals surface area (Å²) in [5, 5.41) is 17.3. The molecule has 19 heavy (non-hydrogen) atoms. The summed E-state index contributed by atoms with van der Waals surface area (Å²) < 4.78 is 7.39. The second-order valence-corrected chi connectivity index (χ2v) is 4.89. The lowest BCUT2D eigenvalue weighted by atomic mass is 10.1. The Labute approximate surface area is 111 Å². The van der Waals surface area contributed by atoms with Crippen molar-refractivity contribution in [3.8, 4) is 11.5 Å². The number of carboxylic acids is 1. The van der Waals surface area contributed by atoms with Crippen molar-refractivity contribution in [3.63, 3.8) is 0 Å². The summed E-state index contributed by atoms with van der Waals surface area (Å²) in [5.74, 6) is -0.102. The van der Waals surface area contributed by atoms with Gasteiger partial charge in [-0.3, -0.25) is 0 Å². The first kappa shape index (κ1) is 13.3. The Morgan fingerprint density at radius 1 is 1.26 bits per heavy atom. The molecule has 0 aliphatic carbocycles. The van der Waals surface area contributed by atoms with E-state index < -0.39 is 5.97 Å². The van der Waals surface area contributed by atoms with Gasteiger partial charge in [-0.2, -0.15) is 0 Å². The van der Waals surface area contributed by atoms with Gasteiger partial charge in [-0.1, -0.05) is 13.8 Å². The van der Waals surface area contributed by atoms with Crippen molar-refractivity contribution in [3.05, 3.63) is 22.8 Å². The Hall–Kier alpha value is -2.11. The molecule has 0 fully saturated rings. The zero-order valence-electron chi connectivity index (χ0n) is 11.7. The number of hydrogen-bond donors (Lipinski definition) is 1. The molecular formula is C13H17N3O3. The summed E-state index contributed by atoms with van der Waals surface area (Å²) in [6.45, 7) is 7.49. The first-order chi connectivity index (χ1) is 8.84. The van der Waals surface area contributed by atoms with Crippen LogP contribution in [0.4, 0.5) is 0 Å². The monoisotopic (exact) mass is 263 g/mol. The molecule has 1 N–H and O–H groups in total. The Morgan fingerprint density at radius 3 is 2.37 bits per heavy atom. The molecule has 0 aromatic carbocycles. The van der Waals surface area contributed by atoms with E-state index >= 15 is 0 Å². The zero-order valence-corrected chi connectivity index (χ0v) is 11.7. The fraction of sp³-hybridized carbons (Fsp3) is 0.462. The van der Waals surface area contributed by atoms with Gasteiger partial charge < -0.3 is 14.1 Å². The molecule has 0 aliphatic rings. The topological polar surface area (TPSA) is 81.2 Å². The normalized spacial score (nSPS) is 11.3. The summed E-state index contributed by atoms with van der Waals surface area (Å²) >= 11 is 0. The Bertz CT molecular complexity index is 638. The fourth-order valence-electron chi connectivity index (χ4n) is 2.04. The highest BCUT2D eigenvalue weighted by molar-refractivity contribution is 5.97. The average Bonchev–Trinajstić information content (AvgIpc) is 2.88. The third-order valence-corrected chi connectivity index (χ3v) is 3.34. The van der Waals surface area contributed by atoms with Crippen molar-refractivity contribution in [1.29, 1.82) is 0 Å². The predicted molar refractivity (Wildman–Crippen MR) is 69.2 cm³/mol. The maximum atomic E-state index is 11.4. The van der Waals surface area contributed by atoms with Crippen molar-refractivity contribution >= 4 is 5.97 Å². The number of carbonyl (C=O) groups is 1. The van der Waals surface area contributed by atoms with E-state index in [-0.39, 0.29) is 17.4 Å². The molecule has 2 aromatic heterocycles. The molecule has 0 radical (unpaired) electrons. The van der Waals surface area contributed by atoms with E-state index in [4.69, 9.17) is 4.42 Å². The smallest absolute Gasteiger partial charge is 0.338 e. The van der Waals surface area contributed by atoms with E-state index in [0.717, 1.165) is 5.69 Å². The molecule has 0 amide bonds. The minimum absolute atomic E-state index is 0.111. The minimum Gasteiger partial charge on any atom is -0.478 e. The van der Waals surface area contributed by atoms with E-state index in [1.807, 2.05) is 32.4 Å². The maximum Gasteiger partial charge on any atom is 0.338 e. The molecule has 0 saturated carbocycles. The van der Waals surface area contributed by atoms with E-state index in [9.17, 15) is 9.90 Å². The molecule has 0 saturated heterocycles. The van der Waals surface area contributed by atoms with E-state index in [1.54, 1.807) is 6.92 Å². The van der Waals surface area contributed by atoms with Crippen LogP contribution in [0.15, 0.2) is 4.42 Å². The molecule has 2 heterocycles. The standard InChI is InChI=1S/C13H17N3O3/c1-6(2)11-14-15-12(19-11)9-7(3)16(5)8(4)10(9)13(17)18/h6H,1-5H3,(H,17,18). The van der Waals surface area contributed by atoms with Crippen molar-refractivity contribution in [2.75, 3.05) is 0 Å². The molecule has 2 rings (SSSR count). The van der Waals surface area contributed by atoms with Gasteiger partial charge in [-0.15, -0.1) is 10.2 Å². The summed E-state index contributed by atoms with van der Waals surface area (Å²) in [7, 11) is 1.82. The van der Waals surface area contributed by atoms with Gasteiger partial charge in [0.25, 0.3) is 0 Å². The number of rotatable bonds is 3. The number of aromatic nitrogens is 3. The molecule has 0 unspecified atom stereocenters. The molecular weight excluding hydrogens is 246 g/mol. The number of nitrogens with zero attached hydrogens (tertiary/aromatic N) is 3. The van der Waals surface area contributed by atoms with Crippen LogP contribution in [-0.2, 0) is 7.05 Å². The lowest BCUT2D eigenvalue weighted by Gasteiger charge is -1.99. The van der Waals surface area contributed by atoms with Gasteiger partial charge in [-0.25, -0.2) is 4.79 Å². The first-order valence-corrected chi connectivity index (χ1v) is 6.07. The van der Waals surface area contributed by atoms with Crippen LogP contribution >= 0.6 is 0 Å². The predicted octanol–water partition coefficient (Wildman–Crippen LogP) is 2.51. The lowest BCUT2D eigenvalue weighted by Crippen LogP contribution is -2.00. The molecule has 2 aromatic rings. The summed E-state index contributed by atoms with van der Waals surface area (Å²) in [4.78, 5) is 11.4. The van der Waals surface area contributed by atoms with E-state index in [1.165, 1.54) is 0 Å². The fourth-order valence-corrected chi connectivity index (χ4v) is 2.04. The molecule has 6 nitrogen and oxygen atoms in total. The van der Waals surface area contributed by atoms with Crippen LogP contribution in [0.2, 0.25) is 0 Å². The Balaban J connectivity index is 2.67. The highest BCUT2D eigenvalue weighted by Gasteiger charge is 2.26. The van der Waals surface area contributed by atoms with E-state index in [2.05, 4.69) is 10.2 Å². The average molecular weight is 263 g/mol. The number of carboxylic acid groups (broad SMARTS) is 1. The van der Waals surface area contributed by atoms with Crippen molar-refractivity contribution < 1.29 is 14.3 Å². The van der Waals surface area contributed by atoms with Crippen LogP contribution in [0.5, 0.6) is 0 Å². The van der Waals surface area contributed by atoms with Crippen LogP contribution < -0.4 is 0 Å². The maximum absolute atomic E-state index is 11.4. The zero-order chi connectivity index (χ0) is 14.3. The summed E-state index contributed by atoms with van der Waals surface area (Å²) in [6, 6.07) is 0. The second kappa shape index (κ2) is 4.53. The Morgan fingerprint density at radius 2 is 1.89 bits per heavy atom. The van der Waals surface area contributed by atoms with Gasteiger partial charge in [0.1, 0.15) is 0 Å². The van der Waals surface area contributed by atoms with Crippen LogP contribution in [0, 0.1) is 13.8 Å². The van der Waals surface area contributed by atoms with Gasteiger partial charge in [0.15, 0.2) is 0 Å². The second-order valence-electron chi connectivity index (χ2n) is 4.89. The van der Waals surface area contributed by atoms with Gasteiger partial charge in [0.05, 0.1) is 11.1 Å². The van der Waals surface area contributed by atoms with Crippen LogP contribution in [-0.4, -0.2) is 25.8 Å². The van der Waals surface area contributed by atoms with Gasteiger partial charge in [-0.05, 0) is 13.8 Å². The lowest BCUT2D eigenvalue weighted by molar-refractivity contribution is 0.0696. The molecule has 102 valence electrons. The largest absolute Gasteiger partial charge is 0.478 e. The minimum atomic E-state index is -0.986. The van der Waals surface area contributed by atoms with E-state index in [0.29, 0.717) is 17.1 Å². The molecule has 0 bridgehead atoms. The van der Waals surface area contributed by atoms with Gasteiger partial charge in [0.2, 0.25) is 11.8 Å². The highest BCUT2D eigenvalue weighted by atomic mass is 16.4. The quantitative estimate of drug-likeness (QED) is 0.920. The summed E-state index contributed by atoms with van der Waals surface area (Å²) in [6.07, 6.45) is 0. The molecule has 0 aliphatic heterocycles. The summed E-state index contributed by atoms with van der Waals surface area (Å²) in [5.41, 5.74) is 2.20. The van der Waals surface area contributed by atoms with Crippen LogP contribution in [0.25, 0.3) is 11.5 Å². The van der Waals surface area contributed by atoms with Gasteiger partial charge in [0, 0.05) is 24.4 Å². The molecule has 0 spiro atoms. The van der Waals surface area contributed by atoms with Gasteiger partial charge >= 0.3 is 5.97 Å². The highest BCUT2D eigenvalue weighted by Crippen LogP contribution is 2.31. The van der Waals surface area contributed by atoms with Crippen LogP contribution in [0.3, 0.4) is 0 Å². The number of hydrogen-bond acceptors (Lipinski definition) is 4. The van der Waals surface area contributed by atoms with Crippen molar-refractivity contribution in [1.82, 2.24) is 14.8 Å². The third-order valence-electron chi connectivity index (χ3n) is 3.34. The van der Waals surface area contributed by atoms with Crippen molar-refractivity contribution in [2.24, 2.45) is 7.05 Å². The number of aromatic carboxylic acids is 1. The van der Waals surface area contributed by atoms with Crippen molar-refractivity contribution in [2.45, 2.75) is 33.6 Å². The SMILES string of the molecule is Cc1c(C(=O)O)c(-c2nnc(C(C)C)o2)c(C)n1C. The molecule has 6 heteroatoms. The first-order valence-electron chi connectivity index (χ1n) is 6.07.